The molecule has 1 amide bonds. The Morgan fingerprint density at radius 3 is 3.04 bits per heavy atom. The van der Waals surface area contributed by atoms with Gasteiger partial charge in [0.25, 0.3) is 0 Å². The first-order chi connectivity index (χ1) is 13.1. The van der Waals surface area contributed by atoms with Gasteiger partial charge in [0.1, 0.15) is 19.3 Å². The van der Waals surface area contributed by atoms with E-state index in [1.165, 1.54) is 0 Å². The summed E-state index contributed by atoms with van der Waals surface area (Å²) in [5, 5.41) is 12.0. The zero-order chi connectivity index (χ0) is 18.8. The van der Waals surface area contributed by atoms with Gasteiger partial charge < -0.3 is 14.8 Å². The normalized spacial score (nSPS) is 14.0. The van der Waals surface area contributed by atoms with Crippen LogP contribution in [0.15, 0.2) is 35.7 Å². The second-order valence-electron chi connectivity index (χ2n) is 6.03. The minimum Gasteiger partial charge on any atom is -0.486 e. The molecule has 2 aromatic heterocycles. The number of aromatic nitrogens is 3. The number of nitrogens with one attached hydrogen (secondary N) is 2. The predicted molar refractivity (Wildman–Crippen MR) is 105 cm³/mol. The maximum absolute atomic E-state index is 12.8. The molecule has 0 aliphatic carbocycles. The fourth-order valence-electron chi connectivity index (χ4n) is 2.96. The Balaban J connectivity index is 1.52. The summed E-state index contributed by atoms with van der Waals surface area (Å²) >= 11 is 6.88. The molecule has 1 aromatic carbocycles. The number of rotatable bonds is 5. The van der Waals surface area contributed by atoms with E-state index in [-0.39, 0.29) is 5.91 Å². The van der Waals surface area contributed by atoms with Crippen LogP contribution in [0.1, 0.15) is 18.5 Å². The van der Waals surface area contributed by atoms with E-state index >= 15 is 0 Å². The fourth-order valence-corrected chi connectivity index (χ4v) is 3.96. The van der Waals surface area contributed by atoms with Crippen molar-refractivity contribution in [3.8, 4) is 22.2 Å². The number of amides is 1. The maximum Gasteiger partial charge on any atom is 0.243 e. The molecule has 7 nitrogen and oxygen atoms in total. The number of benzene rings is 1. The molecule has 0 radical (unpaired) electrons. The van der Waals surface area contributed by atoms with Gasteiger partial charge in [-0.05, 0) is 36.7 Å². The minimum atomic E-state index is -0.509. The lowest BCUT2D eigenvalue weighted by molar-refractivity contribution is -0.124. The standard InChI is InChI=1S/C18H18N4O3S2/c1-11(22-16(20-21-18(22)26)14-6-3-9-27-14)17(23)19-10-12-4-2-5-13-15(12)25-8-7-24-13/h2-6,9,11H,7-8,10H2,1H3,(H,19,23)(H,21,26). The highest BCUT2D eigenvalue weighted by Gasteiger charge is 2.22. The van der Waals surface area contributed by atoms with Gasteiger partial charge >= 0.3 is 0 Å². The Morgan fingerprint density at radius 1 is 1.37 bits per heavy atom. The van der Waals surface area contributed by atoms with Crippen LogP contribution in [0.5, 0.6) is 11.5 Å². The average Bonchev–Trinajstić information content (AvgIpc) is 3.35. The van der Waals surface area contributed by atoms with E-state index in [9.17, 15) is 4.79 Å². The van der Waals surface area contributed by atoms with Gasteiger partial charge in [0.05, 0.1) is 4.88 Å². The summed E-state index contributed by atoms with van der Waals surface area (Å²) < 4.78 is 13.4. The van der Waals surface area contributed by atoms with Gasteiger partial charge in [-0.2, -0.15) is 5.10 Å². The maximum atomic E-state index is 12.8. The van der Waals surface area contributed by atoms with Crippen molar-refractivity contribution in [2.24, 2.45) is 0 Å². The van der Waals surface area contributed by atoms with Crippen LogP contribution in [0.25, 0.3) is 10.7 Å². The summed E-state index contributed by atoms with van der Waals surface area (Å²) in [5.41, 5.74) is 0.877. The second kappa shape index (κ2) is 7.53. The van der Waals surface area contributed by atoms with E-state index in [1.807, 2.05) is 35.7 Å². The monoisotopic (exact) mass is 402 g/mol. The lowest BCUT2D eigenvalue weighted by atomic mass is 10.1. The summed E-state index contributed by atoms with van der Waals surface area (Å²) in [6, 6.07) is 9.04. The van der Waals surface area contributed by atoms with Gasteiger partial charge in [0.2, 0.25) is 5.91 Å². The van der Waals surface area contributed by atoms with Gasteiger partial charge in [-0.3, -0.25) is 14.5 Å². The first-order valence-corrected chi connectivity index (χ1v) is 9.80. The van der Waals surface area contributed by atoms with Crippen molar-refractivity contribution < 1.29 is 14.3 Å². The SMILES string of the molecule is CC(C(=O)NCc1cccc2c1OCCO2)n1c(-c2cccs2)n[nH]c1=S. The third-order valence-electron chi connectivity index (χ3n) is 4.31. The van der Waals surface area contributed by atoms with Crippen LogP contribution >= 0.6 is 23.6 Å². The highest BCUT2D eigenvalue weighted by atomic mass is 32.1. The molecule has 3 heterocycles. The average molecular weight is 403 g/mol. The number of aromatic amines is 1. The number of hydrogen-bond donors (Lipinski definition) is 2. The number of para-hydroxylation sites is 1. The van der Waals surface area contributed by atoms with Crippen LogP contribution in [-0.2, 0) is 11.3 Å². The Bertz CT molecular complexity index is 1010. The number of carbonyl (C=O) groups excluding carboxylic acids is 1. The van der Waals surface area contributed by atoms with E-state index in [0.717, 1.165) is 10.4 Å². The smallest absolute Gasteiger partial charge is 0.243 e. The molecule has 27 heavy (non-hydrogen) atoms. The Kier molecular flexibility index (Phi) is 4.95. The lowest BCUT2D eigenvalue weighted by Gasteiger charge is -2.21. The summed E-state index contributed by atoms with van der Waals surface area (Å²) in [7, 11) is 0. The van der Waals surface area contributed by atoms with Crippen molar-refractivity contribution in [2.75, 3.05) is 13.2 Å². The van der Waals surface area contributed by atoms with Crippen LogP contribution in [0, 0.1) is 4.77 Å². The van der Waals surface area contributed by atoms with Crippen molar-refractivity contribution in [2.45, 2.75) is 19.5 Å². The molecule has 0 spiro atoms. The molecule has 1 aliphatic heterocycles. The molecule has 1 atom stereocenters. The van der Waals surface area contributed by atoms with E-state index in [0.29, 0.717) is 41.9 Å². The van der Waals surface area contributed by atoms with Crippen LogP contribution < -0.4 is 14.8 Å². The largest absolute Gasteiger partial charge is 0.486 e. The highest BCUT2D eigenvalue weighted by molar-refractivity contribution is 7.71. The number of carbonyl (C=O) groups is 1. The minimum absolute atomic E-state index is 0.153. The lowest BCUT2D eigenvalue weighted by Crippen LogP contribution is -2.31. The molecule has 0 fully saturated rings. The summed E-state index contributed by atoms with van der Waals surface area (Å²) in [6.45, 7) is 3.18. The molecular weight excluding hydrogens is 384 g/mol. The topological polar surface area (TPSA) is 81.2 Å². The summed E-state index contributed by atoms with van der Waals surface area (Å²) in [6.07, 6.45) is 0. The highest BCUT2D eigenvalue weighted by Crippen LogP contribution is 2.33. The molecule has 9 heteroatoms. The zero-order valence-electron chi connectivity index (χ0n) is 14.6. The second-order valence-corrected chi connectivity index (χ2v) is 7.37. The van der Waals surface area contributed by atoms with Crippen molar-refractivity contribution in [1.82, 2.24) is 20.1 Å². The third-order valence-corrected chi connectivity index (χ3v) is 5.47. The van der Waals surface area contributed by atoms with Crippen molar-refractivity contribution in [3.63, 3.8) is 0 Å². The molecule has 1 aliphatic rings. The van der Waals surface area contributed by atoms with Gasteiger partial charge in [-0.15, -0.1) is 11.3 Å². The van der Waals surface area contributed by atoms with Crippen molar-refractivity contribution >= 4 is 29.5 Å². The molecule has 140 valence electrons. The number of ether oxygens (including phenoxy) is 2. The predicted octanol–water partition coefficient (Wildman–Crippen LogP) is 3.32. The van der Waals surface area contributed by atoms with E-state index < -0.39 is 6.04 Å². The van der Waals surface area contributed by atoms with Crippen LogP contribution in [0.4, 0.5) is 0 Å². The molecule has 3 aromatic rings. The molecule has 0 bridgehead atoms. The Morgan fingerprint density at radius 2 is 2.22 bits per heavy atom. The van der Waals surface area contributed by atoms with Crippen LogP contribution in [0.3, 0.4) is 0 Å². The number of H-pyrrole nitrogens is 1. The first kappa shape index (κ1) is 17.7. The van der Waals surface area contributed by atoms with Crippen molar-refractivity contribution in [3.05, 3.63) is 46.0 Å². The van der Waals surface area contributed by atoms with Crippen LogP contribution in [0.2, 0.25) is 0 Å². The molecule has 0 saturated heterocycles. The van der Waals surface area contributed by atoms with Crippen LogP contribution in [-0.4, -0.2) is 33.9 Å². The summed E-state index contributed by atoms with van der Waals surface area (Å²) in [5.74, 6) is 1.90. The number of hydrogen-bond acceptors (Lipinski definition) is 6. The van der Waals surface area contributed by atoms with Crippen molar-refractivity contribution in [1.29, 1.82) is 0 Å². The zero-order valence-corrected chi connectivity index (χ0v) is 16.2. The Labute approximate surface area is 164 Å². The molecule has 0 saturated carbocycles. The number of thiophene rings is 1. The first-order valence-electron chi connectivity index (χ1n) is 8.51. The molecular formula is C18H18N4O3S2. The fraction of sp³-hybridized carbons (Fsp3) is 0.278. The quantitative estimate of drug-likeness (QED) is 0.640. The van der Waals surface area contributed by atoms with Gasteiger partial charge in [-0.1, -0.05) is 18.2 Å². The third kappa shape index (κ3) is 3.47. The number of fused-ring (bicyclic) bond motifs is 1. The molecule has 4 rings (SSSR count). The Hall–Kier alpha value is -2.65. The van der Waals surface area contributed by atoms with E-state index in [1.54, 1.807) is 22.8 Å². The molecule has 2 N–H and O–H groups in total. The van der Waals surface area contributed by atoms with Gasteiger partial charge in [-0.25, -0.2) is 0 Å². The van der Waals surface area contributed by atoms with Gasteiger partial charge in [0, 0.05) is 12.1 Å². The van der Waals surface area contributed by atoms with E-state index in [4.69, 9.17) is 21.7 Å². The van der Waals surface area contributed by atoms with E-state index in [2.05, 4.69) is 15.5 Å². The van der Waals surface area contributed by atoms with Gasteiger partial charge in [0.15, 0.2) is 22.1 Å². The summed E-state index contributed by atoms with van der Waals surface area (Å²) in [4.78, 5) is 13.7. The number of nitrogens with zero attached hydrogens (tertiary/aromatic N) is 2. The molecule has 1 unspecified atom stereocenters.